The molecule has 0 aliphatic heterocycles. The van der Waals surface area contributed by atoms with Gasteiger partial charge in [0.25, 0.3) is 5.91 Å². The van der Waals surface area contributed by atoms with Gasteiger partial charge in [0.2, 0.25) is 0 Å². The highest BCUT2D eigenvalue weighted by Crippen LogP contribution is 1.92. The lowest BCUT2D eigenvalue weighted by Gasteiger charge is -2.02. The van der Waals surface area contributed by atoms with E-state index in [2.05, 4.69) is 10.3 Å². The van der Waals surface area contributed by atoms with Gasteiger partial charge in [-0.1, -0.05) is 6.07 Å². The van der Waals surface area contributed by atoms with Crippen LogP contribution in [0.25, 0.3) is 0 Å². The van der Waals surface area contributed by atoms with Crippen molar-refractivity contribution in [2.24, 2.45) is 5.73 Å². The molecule has 1 heterocycles. The van der Waals surface area contributed by atoms with Crippen molar-refractivity contribution < 1.29 is 4.79 Å². The second kappa shape index (κ2) is 5.27. The third kappa shape index (κ3) is 3.21. The summed E-state index contributed by atoms with van der Waals surface area (Å²) in [5.74, 6) is -0.144. The minimum absolute atomic E-state index is 0.144. The van der Waals surface area contributed by atoms with E-state index in [9.17, 15) is 4.79 Å². The summed E-state index contributed by atoms with van der Waals surface area (Å²) in [6.07, 6.45) is 2.39. The molecule has 0 aliphatic carbocycles. The van der Waals surface area contributed by atoms with E-state index >= 15 is 0 Å². The molecular weight excluding hydrogens is 166 g/mol. The lowest BCUT2D eigenvalue weighted by atomic mass is 10.3. The van der Waals surface area contributed by atoms with Gasteiger partial charge in [0.15, 0.2) is 0 Å². The average molecular weight is 179 g/mol. The number of nitrogens with one attached hydrogen (secondary N) is 1. The van der Waals surface area contributed by atoms with Gasteiger partial charge in [0, 0.05) is 12.7 Å². The topological polar surface area (TPSA) is 68.0 Å². The van der Waals surface area contributed by atoms with Crippen LogP contribution in [0.1, 0.15) is 16.9 Å². The molecule has 0 unspecified atom stereocenters. The second-order valence-corrected chi connectivity index (χ2v) is 2.61. The molecule has 4 nitrogen and oxygen atoms in total. The fourth-order valence-electron chi connectivity index (χ4n) is 0.892. The summed E-state index contributed by atoms with van der Waals surface area (Å²) in [6, 6.07) is 5.24. The number of hydrogen-bond donors (Lipinski definition) is 2. The molecule has 1 rings (SSSR count). The van der Waals surface area contributed by atoms with Gasteiger partial charge >= 0.3 is 0 Å². The lowest BCUT2D eigenvalue weighted by molar-refractivity contribution is 0.0948. The first kappa shape index (κ1) is 9.67. The Morgan fingerprint density at radius 1 is 1.54 bits per heavy atom. The van der Waals surface area contributed by atoms with Gasteiger partial charge in [-0.3, -0.25) is 9.78 Å². The zero-order valence-electron chi connectivity index (χ0n) is 7.36. The molecule has 0 saturated heterocycles. The Hall–Kier alpha value is -1.42. The molecule has 70 valence electrons. The van der Waals surface area contributed by atoms with Crippen LogP contribution in [0, 0.1) is 0 Å². The van der Waals surface area contributed by atoms with Crippen molar-refractivity contribution >= 4 is 5.91 Å². The van der Waals surface area contributed by atoms with Gasteiger partial charge in [-0.15, -0.1) is 0 Å². The molecule has 0 aromatic carbocycles. The molecule has 0 atom stereocenters. The molecule has 1 aromatic rings. The van der Waals surface area contributed by atoms with Crippen LogP contribution in [0.15, 0.2) is 24.4 Å². The van der Waals surface area contributed by atoms with Crippen molar-refractivity contribution in [3.05, 3.63) is 30.1 Å². The Balaban J connectivity index is 2.40. The summed E-state index contributed by atoms with van der Waals surface area (Å²) in [5.41, 5.74) is 5.73. The number of hydrogen-bond acceptors (Lipinski definition) is 3. The van der Waals surface area contributed by atoms with E-state index in [-0.39, 0.29) is 5.91 Å². The van der Waals surface area contributed by atoms with Crippen molar-refractivity contribution in [2.45, 2.75) is 6.42 Å². The van der Waals surface area contributed by atoms with Crippen LogP contribution in [0.5, 0.6) is 0 Å². The normalized spacial score (nSPS) is 9.62. The smallest absolute Gasteiger partial charge is 0.269 e. The number of aromatic nitrogens is 1. The predicted octanol–water partition coefficient (Wildman–Crippen LogP) is 0.160. The van der Waals surface area contributed by atoms with Crippen LogP contribution < -0.4 is 11.1 Å². The van der Waals surface area contributed by atoms with E-state index in [0.717, 1.165) is 6.42 Å². The van der Waals surface area contributed by atoms with E-state index in [4.69, 9.17) is 5.73 Å². The minimum Gasteiger partial charge on any atom is -0.351 e. The molecule has 1 aromatic heterocycles. The van der Waals surface area contributed by atoms with Gasteiger partial charge in [-0.05, 0) is 25.1 Å². The highest BCUT2D eigenvalue weighted by molar-refractivity contribution is 5.92. The lowest BCUT2D eigenvalue weighted by Crippen LogP contribution is -2.26. The average Bonchev–Trinajstić information content (AvgIpc) is 2.19. The maximum absolute atomic E-state index is 11.3. The van der Waals surface area contributed by atoms with Crippen molar-refractivity contribution in [1.29, 1.82) is 0 Å². The first-order valence-corrected chi connectivity index (χ1v) is 4.24. The van der Waals surface area contributed by atoms with Crippen LogP contribution in [0.4, 0.5) is 0 Å². The Morgan fingerprint density at radius 2 is 2.38 bits per heavy atom. The fourth-order valence-corrected chi connectivity index (χ4v) is 0.892. The standard InChI is InChI=1S/C9H13N3O/c10-5-3-7-12-9(13)8-4-1-2-6-11-8/h1-2,4,6H,3,5,7,10H2,(H,12,13). The molecule has 0 aliphatic rings. The summed E-state index contributed by atoms with van der Waals surface area (Å²) in [7, 11) is 0. The van der Waals surface area contributed by atoms with Gasteiger partial charge < -0.3 is 11.1 Å². The fraction of sp³-hybridized carbons (Fsp3) is 0.333. The Morgan fingerprint density at radius 3 is 3.00 bits per heavy atom. The summed E-state index contributed by atoms with van der Waals surface area (Å²) in [6.45, 7) is 1.19. The van der Waals surface area contributed by atoms with Gasteiger partial charge in [0.05, 0.1) is 0 Å². The summed E-state index contributed by atoms with van der Waals surface area (Å²) >= 11 is 0. The molecule has 3 N–H and O–H groups in total. The van der Waals surface area contributed by atoms with Crippen LogP contribution in [-0.2, 0) is 0 Å². The highest BCUT2D eigenvalue weighted by atomic mass is 16.1. The highest BCUT2D eigenvalue weighted by Gasteiger charge is 2.03. The molecule has 0 saturated carbocycles. The van der Waals surface area contributed by atoms with Crippen LogP contribution >= 0.6 is 0 Å². The van der Waals surface area contributed by atoms with Crippen LogP contribution in [0.3, 0.4) is 0 Å². The van der Waals surface area contributed by atoms with E-state index in [1.165, 1.54) is 0 Å². The number of amides is 1. The third-order valence-corrected chi connectivity index (χ3v) is 1.56. The molecule has 4 heteroatoms. The van der Waals surface area contributed by atoms with E-state index < -0.39 is 0 Å². The maximum Gasteiger partial charge on any atom is 0.269 e. The van der Waals surface area contributed by atoms with Crippen molar-refractivity contribution in [3.8, 4) is 0 Å². The maximum atomic E-state index is 11.3. The zero-order valence-corrected chi connectivity index (χ0v) is 7.36. The van der Waals surface area contributed by atoms with E-state index in [1.54, 1.807) is 24.4 Å². The first-order chi connectivity index (χ1) is 6.34. The summed E-state index contributed by atoms with van der Waals surface area (Å²) in [5, 5.41) is 2.72. The number of pyridine rings is 1. The number of nitrogens with two attached hydrogens (primary N) is 1. The van der Waals surface area contributed by atoms with E-state index in [1.807, 2.05) is 0 Å². The number of rotatable bonds is 4. The van der Waals surface area contributed by atoms with Crippen molar-refractivity contribution in [2.75, 3.05) is 13.1 Å². The first-order valence-electron chi connectivity index (χ1n) is 4.24. The number of nitrogens with zero attached hydrogens (tertiary/aromatic N) is 1. The molecule has 13 heavy (non-hydrogen) atoms. The number of carbonyl (C=O) groups is 1. The summed E-state index contributed by atoms with van der Waals surface area (Å²) < 4.78 is 0. The molecule has 1 amide bonds. The SMILES string of the molecule is NCCCNC(=O)c1ccccn1. The minimum atomic E-state index is -0.144. The Kier molecular flexibility index (Phi) is 3.92. The monoisotopic (exact) mass is 179 g/mol. The quantitative estimate of drug-likeness (QED) is 0.647. The summed E-state index contributed by atoms with van der Waals surface area (Å²) in [4.78, 5) is 15.2. The zero-order chi connectivity index (χ0) is 9.52. The van der Waals surface area contributed by atoms with Gasteiger partial charge in [0.1, 0.15) is 5.69 Å². The molecule has 0 spiro atoms. The third-order valence-electron chi connectivity index (χ3n) is 1.56. The van der Waals surface area contributed by atoms with Gasteiger partial charge in [-0.2, -0.15) is 0 Å². The largest absolute Gasteiger partial charge is 0.351 e. The van der Waals surface area contributed by atoms with Gasteiger partial charge in [-0.25, -0.2) is 0 Å². The van der Waals surface area contributed by atoms with Crippen molar-refractivity contribution in [1.82, 2.24) is 10.3 Å². The Bertz CT molecular complexity index is 261. The van der Waals surface area contributed by atoms with Crippen molar-refractivity contribution in [3.63, 3.8) is 0 Å². The molecule has 0 fully saturated rings. The van der Waals surface area contributed by atoms with Crippen LogP contribution in [0.2, 0.25) is 0 Å². The van der Waals surface area contributed by atoms with E-state index in [0.29, 0.717) is 18.8 Å². The molecule has 0 bridgehead atoms. The predicted molar refractivity (Wildman–Crippen MR) is 50.2 cm³/mol. The number of carbonyl (C=O) groups excluding carboxylic acids is 1. The molecular formula is C9H13N3O. The Labute approximate surface area is 77.2 Å². The van der Waals surface area contributed by atoms with Crippen LogP contribution in [-0.4, -0.2) is 24.0 Å². The second-order valence-electron chi connectivity index (χ2n) is 2.61. The molecule has 0 radical (unpaired) electrons.